The number of carbonyl (C=O) groups excluding carboxylic acids is 1. The lowest BCUT2D eigenvalue weighted by atomic mass is 9.83. The van der Waals surface area contributed by atoms with E-state index in [2.05, 4.69) is 31.2 Å². The fourth-order valence-corrected chi connectivity index (χ4v) is 3.38. The van der Waals surface area contributed by atoms with Crippen molar-refractivity contribution in [2.24, 2.45) is 0 Å². The van der Waals surface area contributed by atoms with Crippen molar-refractivity contribution in [1.82, 2.24) is 4.90 Å². The molecule has 3 rings (SSSR count). The molecule has 0 saturated carbocycles. The number of carbonyl (C=O) groups is 1. The van der Waals surface area contributed by atoms with Gasteiger partial charge in [0.1, 0.15) is 0 Å². The Morgan fingerprint density at radius 2 is 2.10 bits per heavy atom. The van der Waals surface area contributed by atoms with Gasteiger partial charge >= 0.3 is 6.09 Å². The first-order chi connectivity index (χ1) is 9.66. The van der Waals surface area contributed by atoms with Gasteiger partial charge in [0, 0.05) is 13.1 Å². The number of fused-ring (bicyclic) bond motifs is 2. The summed E-state index contributed by atoms with van der Waals surface area (Å²) in [4.78, 5) is 13.6. The van der Waals surface area contributed by atoms with Gasteiger partial charge in [0.25, 0.3) is 0 Å². The van der Waals surface area contributed by atoms with Crippen LogP contribution in [0.2, 0.25) is 0 Å². The Labute approximate surface area is 119 Å². The Morgan fingerprint density at radius 3 is 2.80 bits per heavy atom. The molecule has 1 fully saturated rings. The highest BCUT2D eigenvalue weighted by atomic mass is 16.6. The van der Waals surface area contributed by atoms with E-state index in [1.807, 2.05) is 6.92 Å². The minimum absolute atomic E-state index is 0.139. The summed E-state index contributed by atoms with van der Waals surface area (Å²) in [5.41, 5.74) is 2.38. The van der Waals surface area contributed by atoms with Gasteiger partial charge in [-0.15, -0.1) is 0 Å². The quantitative estimate of drug-likeness (QED) is 0.790. The largest absolute Gasteiger partial charge is 0.450 e. The lowest BCUT2D eigenvalue weighted by Gasteiger charge is -2.39. The number of hydrogen-bond donors (Lipinski definition) is 0. The van der Waals surface area contributed by atoms with E-state index in [0.29, 0.717) is 19.7 Å². The zero-order chi connectivity index (χ0) is 14.2. The maximum absolute atomic E-state index is 11.8. The summed E-state index contributed by atoms with van der Waals surface area (Å²) in [6.45, 7) is 5.75. The van der Waals surface area contributed by atoms with E-state index in [9.17, 15) is 4.79 Å². The average Bonchev–Trinajstić information content (AvgIpc) is 2.74. The van der Waals surface area contributed by atoms with Gasteiger partial charge in [0.2, 0.25) is 0 Å². The van der Waals surface area contributed by atoms with Crippen LogP contribution in [0.3, 0.4) is 0 Å². The molecule has 0 radical (unpaired) electrons. The molecule has 108 valence electrons. The van der Waals surface area contributed by atoms with Gasteiger partial charge in [0.05, 0.1) is 18.3 Å². The van der Waals surface area contributed by atoms with Crippen molar-refractivity contribution < 1.29 is 14.3 Å². The van der Waals surface area contributed by atoms with E-state index in [4.69, 9.17) is 9.47 Å². The first kappa shape index (κ1) is 13.4. The van der Waals surface area contributed by atoms with Crippen LogP contribution in [0.15, 0.2) is 24.3 Å². The van der Waals surface area contributed by atoms with Gasteiger partial charge in [-0.05, 0) is 37.8 Å². The summed E-state index contributed by atoms with van der Waals surface area (Å²) < 4.78 is 11.3. The first-order valence-corrected chi connectivity index (χ1v) is 7.35. The third kappa shape index (κ3) is 2.08. The molecule has 0 aromatic heterocycles. The molecule has 1 aromatic rings. The van der Waals surface area contributed by atoms with Crippen molar-refractivity contribution in [3.63, 3.8) is 0 Å². The minimum atomic E-state index is -0.209. The van der Waals surface area contributed by atoms with Gasteiger partial charge in [-0.3, -0.25) is 0 Å². The summed E-state index contributed by atoms with van der Waals surface area (Å²) in [5, 5.41) is 0. The van der Waals surface area contributed by atoms with E-state index >= 15 is 0 Å². The molecule has 4 nitrogen and oxygen atoms in total. The Balaban J connectivity index is 1.77. The van der Waals surface area contributed by atoms with Crippen LogP contribution in [0.25, 0.3) is 0 Å². The van der Waals surface area contributed by atoms with Crippen LogP contribution < -0.4 is 0 Å². The number of ether oxygens (including phenoxy) is 2. The lowest BCUT2D eigenvalue weighted by molar-refractivity contribution is -0.101. The van der Waals surface area contributed by atoms with Gasteiger partial charge < -0.3 is 14.4 Å². The Kier molecular flexibility index (Phi) is 3.42. The van der Waals surface area contributed by atoms with E-state index in [1.54, 1.807) is 4.90 Å². The number of nitrogens with zero attached hydrogens (tertiary/aromatic N) is 1. The molecular formula is C16H21NO3. The Bertz CT molecular complexity index is 506. The summed E-state index contributed by atoms with van der Waals surface area (Å²) in [5.74, 6) is 0. The third-order valence-electron chi connectivity index (χ3n) is 4.39. The SMILES string of the molecule is CCOC(=O)N1CCC2(CC1)O[C@@H](C)c1ccccc12. The predicted octanol–water partition coefficient (Wildman–Crippen LogP) is 3.23. The molecule has 0 unspecified atom stereocenters. The Morgan fingerprint density at radius 1 is 1.40 bits per heavy atom. The van der Waals surface area contributed by atoms with Crippen LogP contribution in [0.5, 0.6) is 0 Å². The van der Waals surface area contributed by atoms with Crippen molar-refractivity contribution in [2.75, 3.05) is 19.7 Å². The summed E-state index contributed by atoms with van der Waals surface area (Å²) in [7, 11) is 0. The van der Waals surface area contributed by atoms with Crippen molar-refractivity contribution in [1.29, 1.82) is 0 Å². The van der Waals surface area contributed by atoms with Crippen LogP contribution in [0.1, 0.15) is 43.9 Å². The topological polar surface area (TPSA) is 38.8 Å². The number of benzene rings is 1. The first-order valence-electron chi connectivity index (χ1n) is 7.35. The molecule has 0 aliphatic carbocycles. The summed E-state index contributed by atoms with van der Waals surface area (Å²) in [6.07, 6.45) is 1.61. The van der Waals surface area contributed by atoms with E-state index in [1.165, 1.54) is 11.1 Å². The fraction of sp³-hybridized carbons (Fsp3) is 0.562. The highest BCUT2D eigenvalue weighted by Crippen LogP contribution is 2.48. The maximum Gasteiger partial charge on any atom is 0.409 e. The normalized spacial score (nSPS) is 23.7. The van der Waals surface area contributed by atoms with Crippen molar-refractivity contribution >= 4 is 6.09 Å². The fourth-order valence-electron chi connectivity index (χ4n) is 3.38. The van der Waals surface area contributed by atoms with E-state index in [0.717, 1.165) is 12.8 Å². The number of likely N-dealkylation sites (tertiary alicyclic amines) is 1. The maximum atomic E-state index is 11.8. The molecule has 0 N–H and O–H groups in total. The van der Waals surface area contributed by atoms with E-state index < -0.39 is 0 Å². The number of amides is 1. The summed E-state index contributed by atoms with van der Waals surface area (Å²) in [6, 6.07) is 8.44. The number of rotatable bonds is 1. The molecule has 1 atom stereocenters. The molecule has 2 aliphatic rings. The smallest absolute Gasteiger partial charge is 0.409 e. The number of hydrogen-bond acceptors (Lipinski definition) is 3. The molecule has 4 heteroatoms. The van der Waals surface area contributed by atoms with Crippen molar-refractivity contribution in [3.8, 4) is 0 Å². The Hall–Kier alpha value is -1.55. The molecular weight excluding hydrogens is 254 g/mol. The molecule has 0 bridgehead atoms. The van der Waals surface area contributed by atoms with Crippen LogP contribution in [0, 0.1) is 0 Å². The minimum Gasteiger partial charge on any atom is -0.450 e. The second kappa shape index (κ2) is 5.09. The summed E-state index contributed by atoms with van der Waals surface area (Å²) >= 11 is 0. The highest BCUT2D eigenvalue weighted by molar-refractivity contribution is 5.67. The zero-order valence-electron chi connectivity index (χ0n) is 12.1. The van der Waals surface area contributed by atoms with Crippen LogP contribution in [-0.4, -0.2) is 30.7 Å². The molecule has 2 heterocycles. The molecule has 1 spiro atoms. The van der Waals surface area contributed by atoms with E-state index in [-0.39, 0.29) is 17.8 Å². The molecule has 1 aromatic carbocycles. The third-order valence-corrected chi connectivity index (χ3v) is 4.39. The second-order valence-corrected chi connectivity index (χ2v) is 5.53. The molecule has 2 aliphatic heterocycles. The van der Waals surface area contributed by atoms with Crippen LogP contribution >= 0.6 is 0 Å². The monoisotopic (exact) mass is 275 g/mol. The zero-order valence-corrected chi connectivity index (χ0v) is 12.1. The predicted molar refractivity (Wildman–Crippen MR) is 75.4 cm³/mol. The van der Waals surface area contributed by atoms with Crippen molar-refractivity contribution in [3.05, 3.63) is 35.4 Å². The van der Waals surface area contributed by atoms with Gasteiger partial charge in [-0.2, -0.15) is 0 Å². The van der Waals surface area contributed by atoms with Crippen molar-refractivity contribution in [2.45, 2.75) is 38.4 Å². The second-order valence-electron chi connectivity index (χ2n) is 5.53. The average molecular weight is 275 g/mol. The van der Waals surface area contributed by atoms with Gasteiger partial charge in [0.15, 0.2) is 0 Å². The number of piperidine rings is 1. The van der Waals surface area contributed by atoms with Gasteiger partial charge in [-0.25, -0.2) is 4.79 Å². The molecule has 1 amide bonds. The van der Waals surface area contributed by atoms with Gasteiger partial charge in [-0.1, -0.05) is 24.3 Å². The standard InChI is InChI=1S/C16H21NO3/c1-3-19-15(18)17-10-8-16(9-11-17)14-7-5-4-6-13(14)12(2)20-16/h4-7,12H,3,8-11H2,1-2H3/t12-/m0/s1. The van der Waals surface area contributed by atoms with Crippen LogP contribution in [0.4, 0.5) is 4.79 Å². The molecule has 1 saturated heterocycles. The lowest BCUT2D eigenvalue weighted by Crippen LogP contribution is -2.45. The van der Waals surface area contributed by atoms with Crippen LogP contribution in [-0.2, 0) is 15.1 Å². The molecule has 20 heavy (non-hydrogen) atoms. The highest BCUT2D eigenvalue weighted by Gasteiger charge is 2.45.